The van der Waals surface area contributed by atoms with Crippen molar-refractivity contribution < 1.29 is 0 Å². The van der Waals surface area contributed by atoms with Crippen molar-refractivity contribution in [2.75, 3.05) is 9.80 Å². The standard InChI is InChI=1S/C66H60BN3S2/c1-63(2,3)39-23-26-50-46(29-39)47-30-40(64(4,5)6)34-53-59(47)69(50)54-35-41(65(7,8)9)31-49-61(54)70(53)52-33-42(66(10,11)12)32-51-58(52)67(49)62-60(48-28-38(22-27-56(48)72-62)37-18-14-13-15-19-37)68(51)43-24-25-45-44-20-16-17-21-55(44)71-57(45)36-43/h13-36H,1-12H3. The Labute approximate surface area is 432 Å². The maximum absolute atomic E-state index is 2.74. The molecule has 3 aromatic heterocycles. The third-order valence-corrected chi connectivity index (χ3v) is 18.6. The number of fused-ring (bicyclic) bond motifs is 14. The molecule has 72 heavy (non-hydrogen) atoms. The van der Waals surface area contributed by atoms with Crippen LogP contribution >= 0.6 is 22.7 Å². The molecule has 3 nitrogen and oxygen atoms in total. The summed E-state index contributed by atoms with van der Waals surface area (Å²) in [5, 5.41) is 6.60. The lowest BCUT2D eigenvalue weighted by Gasteiger charge is -2.46. The van der Waals surface area contributed by atoms with Crippen LogP contribution in [0.5, 0.6) is 0 Å². The van der Waals surface area contributed by atoms with Crippen molar-refractivity contribution in [1.29, 1.82) is 0 Å². The molecule has 3 aliphatic rings. The number of aromatic nitrogens is 1. The molecule has 0 amide bonds. The Kier molecular flexibility index (Phi) is 8.92. The second kappa shape index (κ2) is 14.5. The summed E-state index contributed by atoms with van der Waals surface area (Å²) in [6, 6.07) is 57.1. The van der Waals surface area contributed by atoms with Crippen LogP contribution in [0, 0.1) is 0 Å². The first-order valence-electron chi connectivity index (χ1n) is 25.9. The van der Waals surface area contributed by atoms with Crippen LogP contribution < -0.4 is 25.5 Å². The first-order chi connectivity index (χ1) is 34.2. The smallest absolute Gasteiger partial charge is 0.264 e. The fraction of sp³-hybridized carbons (Fsp3) is 0.242. The van der Waals surface area contributed by atoms with Crippen LogP contribution in [0.2, 0.25) is 0 Å². The normalized spacial score (nSPS) is 14.3. The number of rotatable bonds is 2. The van der Waals surface area contributed by atoms with Crippen LogP contribution in [-0.4, -0.2) is 11.3 Å². The van der Waals surface area contributed by atoms with Crippen molar-refractivity contribution in [3.63, 3.8) is 0 Å². The van der Waals surface area contributed by atoms with Gasteiger partial charge in [0.2, 0.25) is 0 Å². The molecule has 11 aromatic rings. The van der Waals surface area contributed by atoms with Gasteiger partial charge < -0.3 is 14.4 Å². The van der Waals surface area contributed by atoms with E-state index in [0.717, 1.165) is 0 Å². The third kappa shape index (κ3) is 6.21. The van der Waals surface area contributed by atoms with Crippen molar-refractivity contribution in [2.45, 2.75) is 105 Å². The van der Waals surface area contributed by atoms with Gasteiger partial charge in [0.05, 0.1) is 33.8 Å². The summed E-state index contributed by atoms with van der Waals surface area (Å²) < 4.78 is 8.02. The molecule has 0 fully saturated rings. The van der Waals surface area contributed by atoms with E-state index in [9.17, 15) is 0 Å². The van der Waals surface area contributed by atoms with E-state index in [1.807, 2.05) is 22.7 Å². The van der Waals surface area contributed by atoms with E-state index in [1.165, 1.54) is 141 Å². The molecule has 14 rings (SSSR count). The Morgan fingerprint density at radius 1 is 0.389 bits per heavy atom. The van der Waals surface area contributed by atoms with Gasteiger partial charge in [0.25, 0.3) is 6.71 Å². The van der Waals surface area contributed by atoms with Crippen LogP contribution in [0.15, 0.2) is 146 Å². The average Bonchev–Trinajstić information content (AvgIpc) is 4.01. The number of hydrogen-bond donors (Lipinski definition) is 0. The van der Waals surface area contributed by atoms with Gasteiger partial charge in [-0.2, -0.15) is 0 Å². The van der Waals surface area contributed by atoms with Gasteiger partial charge in [-0.3, -0.25) is 0 Å². The first-order valence-corrected chi connectivity index (χ1v) is 27.5. The molecule has 0 atom stereocenters. The molecule has 354 valence electrons. The minimum Gasteiger partial charge on any atom is -0.310 e. The Balaban J connectivity index is 1.16. The number of nitrogens with zero attached hydrogens (tertiary/aromatic N) is 3. The molecule has 3 aliphatic heterocycles. The Bertz CT molecular complexity index is 4160. The number of anilines is 6. The summed E-state index contributed by atoms with van der Waals surface area (Å²) >= 11 is 3.90. The highest BCUT2D eigenvalue weighted by Gasteiger charge is 2.49. The molecular weight excluding hydrogens is 910 g/mol. The van der Waals surface area contributed by atoms with E-state index >= 15 is 0 Å². The van der Waals surface area contributed by atoms with Gasteiger partial charge in [-0.25, -0.2) is 0 Å². The highest BCUT2D eigenvalue weighted by Crippen LogP contribution is 2.56. The molecule has 0 aliphatic carbocycles. The minimum absolute atomic E-state index is 0.00502. The van der Waals surface area contributed by atoms with Crippen molar-refractivity contribution in [1.82, 2.24) is 4.57 Å². The summed E-state index contributed by atoms with van der Waals surface area (Å²) in [4.78, 5) is 5.43. The maximum Gasteiger partial charge on any atom is 0.264 e. The van der Waals surface area contributed by atoms with Gasteiger partial charge in [0.15, 0.2) is 0 Å². The molecule has 0 saturated carbocycles. The lowest BCUT2D eigenvalue weighted by atomic mass is 9.35. The monoisotopic (exact) mass is 969 g/mol. The van der Waals surface area contributed by atoms with Gasteiger partial charge in [-0.1, -0.05) is 156 Å². The summed E-state index contributed by atoms with van der Waals surface area (Å²) in [6.45, 7) is 28.5. The van der Waals surface area contributed by atoms with E-state index < -0.39 is 0 Å². The maximum atomic E-state index is 2.74. The summed E-state index contributed by atoms with van der Waals surface area (Å²) in [5.74, 6) is 0. The van der Waals surface area contributed by atoms with E-state index in [1.54, 1.807) is 0 Å². The van der Waals surface area contributed by atoms with Crippen molar-refractivity contribution in [3.05, 3.63) is 168 Å². The second-order valence-corrected chi connectivity index (χ2v) is 27.3. The van der Waals surface area contributed by atoms with Crippen LogP contribution in [0.25, 0.3) is 68.9 Å². The highest BCUT2D eigenvalue weighted by atomic mass is 32.1. The van der Waals surface area contributed by atoms with Crippen molar-refractivity contribution in [3.8, 4) is 16.8 Å². The number of hydrogen-bond acceptors (Lipinski definition) is 4. The molecule has 0 radical (unpaired) electrons. The van der Waals surface area contributed by atoms with Gasteiger partial charge >= 0.3 is 0 Å². The lowest BCUT2D eigenvalue weighted by Crippen LogP contribution is -2.61. The van der Waals surface area contributed by atoms with Gasteiger partial charge in [-0.15, -0.1) is 22.7 Å². The predicted octanol–water partition coefficient (Wildman–Crippen LogP) is 17.6. The van der Waals surface area contributed by atoms with Crippen LogP contribution in [0.3, 0.4) is 0 Å². The van der Waals surface area contributed by atoms with Gasteiger partial charge in [-0.05, 0) is 139 Å². The Morgan fingerprint density at radius 3 is 1.74 bits per heavy atom. The average molecular weight is 970 g/mol. The summed E-state index contributed by atoms with van der Waals surface area (Å²) in [6.07, 6.45) is 0. The molecule has 0 N–H and O–H groups in total. The van der Waals surface area contributed by atoms with Gasteiger partial charge in [0.1, 0.15) is 0 Å². The molecule has 0 bridgehead atoms. The Morgan fingerprint density at radius 2 is 1.00 bits per heavy atom. The van der Waals surface area contributed by atoms with E-state index in [-0.39, 0.29) is 28.4 Å². The van der Waals surface area contributed by atoms with E-state index in [0.29, 0.717) is 0 Å². The topological polar surface area (TPSA) is 11.4 Å². The fourth-order valence-corrected chi connectivity index (χ4v) is 14.7. The van der Waals surface area contributed by atoms with E-state index in [4.69, 9.17) is 0 Å². The molecule has 0 saturated heterocycles. The highest BCUT2D eigenvalue weighted by molar-refractivity contribution is 7.33. The predicted molar refractivity (Wildman–Crippen MR) is 317 cm³/mol. The van der Waals surface area contributed by atoms with Crippen LogP contribution in [-0.2, 0) is 21.7 Å². The largest absolute Gasteiger partial charge is 0.310 e. The molecule has 8 aromatic carbocycles. The molecule has 0 spiro atoms. The molecule has 0 unspecified atom stereocenters. The van der Waals surface area contributed by atoms with Crippen LogP contribution in [0.1, 0.15) is 105 Å². The molecule has 6 heteroatoms. The quantitative estimate of drug-likeness (QED) is 0.160. The van der Waals surface area contributed by atoms with Crippen molar-refractivity contribution >= 4 is 131 Å². The zero-order valence-corrected chi connectivity index (χ0v) is 45.2. The fourth-order valence-electron chi connectivity index (χ4n) is 12.3. The Hall–Kier alpha value is -6.60. The minimum atomic E-state index is -0.143. The second-order valence-electron chi connectivity index (χ2n) is 25.1. The zero-order valence-electron chi connectivity index (χ0n) is 43.6. The zero-order chi connectivity index (χ0) is 49.7. The first kappa shape index (κ1) is 44.1. The van der Waals surface area contributed by atoms with Gasteiger partial charge in [0, 0.05) is 62.9 Å². The summed E-state index contributed by atoms with van der Waals surface area (Å²) in [5.41, 5.74) is 21.8. The third-order valence-electron chi connectivity index (χ3n) is 16.2. The molecule has 6 heterocycles. The van der Waals surface area contributed by atoms with Crippen LogP contribution in [0.4, 0.5) is 34.1 Å². The molecular formula is C66H60BN3S2. The van der Waals surface area contributed by atoms with E-state index in [2.05, 4.69) is 243 Å². The SMILES string of the molecule is CC(C)(C)c1cc2c3c(c1)N1c4c(cc(C(C)(C)C)cc4-n4c5ccc(C(C)(C)C)cc5c5cc(C(C)(C)C)cc1c54)B3c1sc3ccc(-c4ccccc4)cc3c1N2c1ccc2c(c1)sc1ccccc12. The number of thiophene rings is 2. The van der Waals surface area contributed by atoms with Crippen molar-refractivity contribution in [2.24, 2.45) is 0 Å². The number of benzene rings is 8. The summed E-state index contributed by atoms with van der Waals surface area (Å²) in [7, 11) is 0. The lowest BCUT2D eigenvalue weighted by molar-refractivity contribution is 0.589.